The molecule has 3 heteroatoms. The van der Waals surface area contributed by atoms with Gasteiger partial charge in [-0.2, -0.15) is 0 Å². The number of rotatable bonds is 6. The molecule has 0 fully saturated rings. The molecule has 0 rings (SSSR count). The van der Waals surface area contributed by atoms with Crippen molar-refractivity contribution in [1.29, 1.82) is 0 Å². The van der Waals surface area contributed by atoms with Crippen LogP contribution in [0, 0.1) is 5.92 Å². The van der Waals surface area contributed by atoms with Crippen LogP contribution in [0.5, 0.6) is 0 Å². The van der Waals surface area contributed by atoms with Crippen LogP contribution in [0.1, 0.15) is 27.2 Å². The van der Waals surface area contributed by atoms with Gasteiger partial charge in [0.1, 0.15) is 11.9 Å². The largest absolute Gasteiger partial charge is 0.483 e. The van der Waals surface area contributed by atoms with E-state index in [0.29, 0.717) is 11.7 Å². The van der Waals surface area contributed by atoms with Crippen molar-refractivity contribution in [2.24, 2.45) is 15.9 Å². The average molecular weight is 210 g/mol. The van der Waals surface area contributed by atoms with Crippen LogP contribution in [0.2, 0.25) is 0 Å². The number of hydrogen-bond donors (Lipinski definition) is 0. The lowest BCUT2D eigenvalue weighted by Gasteiger charge is -2.21. The zero-order chi connectivity index (χ0) is 11.8. The van der Waals surface area contributed by atoms with Gasteiger partial charge in [-0.05, 0) is 19.3 Å². The van der Waals surface area contributed by atoms with Gasteiger partial charge in [0.05, 0.1) is 5.71 Å². The summed E-state index contributed by atoms with van der Waals surface area (Å²) in [6.07, 6.45) is 2.86. The van der Waals surface area contributed by atoms with E-state index in [1.165, 1.54) is 0 Å². The molecule has 0 spiro atoms. The standard InChI is InChI=1S/C12H22N2O/c1-7-9(2)12(8-13-5)15-11(4)10(3)14-6/h8-9,12H,4,7H2,1-3,5-6H3. The molecule has 0 N–H and O–H groups in total. The molecule has 2 unspecified atom stereocenters. The molecule has 0 bridgehead atoms. The molecular formula is C12H22N2O. The zero-order valence-electron chi connectivity index (χ0n) is 10.4. The Morgan fingerprint density at radius 1 is 1.47 bits per heavy atom. The fourth-order valence-electron chi connectivity index (χ4n) is 1.05. The Morgan fingerprint density at radius 2 is 2.07 bits per heavy atom. The second-order valence-corrected chi connectivity index (χ2v) is 3.61. The zero-order valence-corrected chi connectivity index (χ0v) is 10.4. The maximum absolute atomic E-state index is 5.72. The third-order valence-corrected chi connectivity index (χ3v) is 2.52. The first-order valence-electron chi connectivity index (χ1n) is 5.28. The third kappa shape index (κ3) is 4.77. The normalized spacial score (nSPS) is 16.5. The van der Waals surface area contributed by atoms with Gasteiger partial charge in [-0.3, -0.25) is 9.98 Å². The van der Waals surface area contributed by atoms with Crippen LogP contribution < -0.4 is 0 Å². The summed E-state index contributed by atoms with van der Waals surface area (Å²) in [4.78, 5) is 8.05. The Morgan fingerprint density at radius 3 is 2.47 bits per heavy atom. The van der Waals surface area contributed by atoms with Crippen molar-refractivity contribution in [2.75, 3.05) is 14.1 Å². The second-order valence-electron chi connectivity index (χ2n) is 3.61. The number of nitrogens with zero attached hydrogens (tertiary/aromatic N) is 2. The highest BCUT2D eigenvalue weighted by Gasteiger charge is 2.16. The summed E-state index contributed by atoms with van der Waals surface area (Å²) in [5.74, 6) is 1.05. The molecule has 0 aliphatic carbocycles. The quantitative estimate of drug-likeness (QED) is 0.490. The fraction of sp³-hybridized carbons (Fsp3) is 0.667. The Bertz CT molecular complexity index is 256. The van der Waals surface area contributed by atoms with Crippen molar-refractivity contribution in [3.05, 3.63) is 12.3 Å². The van der Waals surface area contributed by atoms with Crippen LogP contribution >= 0.6 is 0 Å². The molecule has 0 aliphatic rings. The molecule has 2 atom stereocenters. The van der Waals surface area contributed by atoms with Crippen molar-refractivity contribution < 1.29 is 4.74 Å². The van der Waals surface area contributed by atoms with E-state index in [2.05, 4.69) is 30.4 Å². The highest BCUT2D eigenvalue weighted by molar-refractivity contribution is 5.95. The Labute approximate surface area is 93.0 Å². The molecule has 0 saturated carbocycles. The van der Waals surface area contributed by atoms with Gasteiger partial charge >= 0.3 is 0 Å². The van der Waals surface area contributed by atoms with Crippen LogP contribution in [-0.2, 0) is 4.74 Å². The van der Waals surface area contributed by atoms with Gasteiger partial charge in [-0.15, -0.1) is 0 Å². The van der Waals surface area contributed by atoms with Crippen molar-refractivity contribution in [2.45, 2.75) is 33.3 Å². The highest BCUT2D eigenvalue weighted by Crippen LogP contribution is 2.13. The van der Waals surface area contributed by atoms with Gasteiger partial charge in [-0.1, -0.05) is 20.4 Å². The summed E-state index contributed by atoms with van der Waals surface area (Å²) < 4.78 is 5.72. The molecule has 0 aromatic carbocycles. The van der Waals surface area contributed by atoms with E-state index in [-0.39, 0.29) is 6.10 Å². The van der Waals surface area contributed by atoms with Crippen molar-refractivity contribution in [3.8, 4) is 0 Å². The molecule has 86 valence electrons. The Kier molecular flexibility index (Phi) is 6.67. The summed E-state index contributed by atoms with van der Waals surface area (Å²) in [5, 5.41) is 0. The van der Waals surface area contributed by atoms with E-state index < -0.39 is 0 Å². The van der Waals surface area contributed by atoms with E-state index in [1.807, 2.05) is 13.1 Å². The summed E-state index contributed by atoms with van der Waals surface area (Å²) in [7, 11) is 3.48. The smallest absolute Gasteiger partial charge is 0.136 e. The van der Waals surface area contributed by atoms with Crippen molar-refractivity contribution >= 4 is 11.9 Å². The predicted octanol–water partition coefficient (Wildman–Crippen LogP) is 2.72. The minimum atomic E-state index is -0.0100. The molecule has 15 heavy (non-hydrogen) atoms. The van der Waals surface area contributed by atoms with Crippen LogP contribution in [0.15, 0.2) is 22.3 Å². The van der Waals surface area contributed by atoms with Gasteiger partial charge in [0.25, 0.3) is 0 Å². The van der Waals surface area contributed by atoms with Crippen molar-refractivity contribution in [3.63, 3.8) is 0 Å². The lowest BCUT2D eigenvalue weighted by atomic mass is 10.0. The van der Waals surface area contributed by atoms with E-state index in [4.69, 9.17) is 4.74 Å². The van der Waals surface area contributed by atoms with Gasteiger partial charge in [0, 0.05) is 20.3 Å². The molecular weight excluding hydrogens is 188 g/mol. The first-order valence-corrected chi connectivity index (χ1v) is 5.28. The number of hydrogen-bond acceptors (Lipinski definition) is 3. The van der Waals surface area contributed by atoms with E-state index in [0.717, 1.165) is 12.1 Å². The molecule has 0 saturated heterocycles. The SMILES string of the molecule is C=C(OC(C=NC)C(C)CC)C(C)=NC. The van der Waals surface area contributed by atoms with E-state index in [1.54, 1.807) is 14.1 Å². The van der Waals surface area contributed by atoms with Crippen LogP contribution in [-0.4, -0.2) is 32.1 Å². The minimum absolute atomic E-state index is 0.0100. The predicted molar refractivity (Wildman–Crippen MR) is 66.9 cm³/mol. The summed E-state index contributed by atoms with van der Waals surface area (Å²) >= 11 is 0. The van der Waals surface area contributed by atoms with Crippen LogP contribution in [0.4, 0.5) is 0 Å². The Balaban J connectivity index is 4.48. The second kappa shape index (κ2) is 7.21. The van der Waals surface area contributed by atoms with Gasteiger partial charge in [0.15, 0.2) is 0 Å². The summed E-state index contributed by atoms with van der Waals surface area (Å²) in [6.45, 7) is 10.0. The first kappa shape index (κ1) is 13.9. The molecule has 3 nitrogen and oxygen atoms in total. The van der Waals surface area contributed by atoms with Gasteiger partial charge in [-0.25, -0.2) is 0 Å². The van der Waals surface area contributed by atoms with Gasteiger partial charge < -0.3 is 4.74 Å². The van der Waals surface area contributed by atoms with Crippen LogP contribution in [0.25, 0.3) is 0 Å². The monoisotopic (exact) mass is 210 g/mol. The number of aliphatic imine (C=N–C) groups is 2. The lowest BCUT2D eigenvalue weighted by molar-refractivity contribution is 0.140. The fourth-order valence-corrected chi connectivity index (χ4v) is 1.05. The minimum Gasteiger partial charge on any atom is -0.483 e. The van der Waals surface area contributed by atoms with Gasteiger partial charge in [0.2, 0.25) is 0 Å². The molecule has 0 amide bonds. The topological polar surface area (TPSA) is 34.0 Å². The van der Waals surface area contributed by atoms with Crippen LogP contribution in [0.3, 0.4) is 0 Å². The maximum atomic E-state index is 5.72. The Hall–Kier alpha value is -1.12. The number of allylic oxidation sites excluding steroid dienone is 1. The number of ether oxygens (including phenoxy) is 1. The summed E-state index contributed by atoms with van der Waals surface area (Å²) in [5.41, 5.74) is 0.827. The van der Waals surface area contributed by atoms with E-state index in [9.17, 15) is 0 Å². The molecule has 0 heterocycles. The molecule has 0 aromatic heterocycles. The highest BCUT2D eigenvalue weighted by atomic mass is 16.5. The third-order valence-electron chi connectivity index (χ3n) is 2.52. The summed E-state index contributed by atoms with van der Waals surface area (Å²) in [6, 6.07) is 0. The maximum Gasteiger partial charge on any atom is 0.136 e. The van der Waals surface area contributed by atoms with Crippen molar-refractivity contribution in [1.82, 2.24) is 0 Å². The average Bonchev–Trinajstić information content (AvgIpc) is 2.26. The van der Waals surface area contributed by atoms with E-state index >= 15 is 0 Å². The molecule has 0 aromatic rings. The lowest BCUT2D eigenvalue weighted by Crippen LogP contribution is -2.24. The first-order chi connectivity index (χ1) is 7.06. The molecule has 0 radical (unpaired) electrons. The molecule has 0 aliphatic heterocycles.